The maximum Gasteiger partial charge on any atom is 0.132 e. The van der Waals surface area contributed by atoms with Gasteiger partial charge in [-0.05, 0) is 30.2 Å². The second-order valence-corrected chi connectivity index (χ2v) is 4.54. The highest BCUT2D eigenvalue weighted by atomic mass is 19.1. The van der Waals surface area contributed by atoms with Crippen LogP contribution in [0, 0.1) is 11.6 Å². The fraction of sp³-hybridized carbons (Fsp3) is 0.250. The summed E-state index contributed by atoms with van der Waals surface area (Å²) in [6.45, 7) is 2.07. The lowest BCUT2D eigenvalue weighted by atomic mass is 10.1. The Morgan fingerprint density at radius 3 is 2.35 bits per heavy atom. The molecule has 0 radical (unpaired) electrons. The molecule has 2 aromatic rings. The molecule has 2 nitrogen and oxygen atoms in total. The van der Waals surface area contributed by atoms with E-state index < -0.39 is 17.7 Å². The van der Waals surface area contributed by atoms with Crippen molar-refractivity contribution in [1.82, 2.24) is 0 Å². The SMILES string of the molecule is CCc1ccccc1NCC(O)c1c(F)cccc1F. The van der Waals surface area contributed by atoms with Gasteiger partial charge < -0.3 is 10.4 Å². The monoisotopic (exact) mass is 277 g/mol. The number of benzene rings is 2. The van der Waals surface area contributed by atoms with Gasteiger partial charge in [0.1, 0.15) is 17.7 Å². The fourth-order valence-corrected chi connectivity index (χ4v) is 2.14. The smallest absolute Gasteiger partial charge is 0.132 e. The van der Waals surface area contributed by atoms with Crippen molar-refractivity contribution in [2.24, 2.45) is 0 Å². The molecule has 1 unspecified atom stereocenters. The molecule has 0 aliphatic heterocycles. The molecule has 106 valence electrons. The third kappa shape index (κ3) is 3.14. The van der Waals surface area contributed by atoms with Gasteiger partial charge in [-0.25, -0.2) is 8.78 Å². The molecule has 2 aromatic carbocycles. The first-order chi connectivity index (χ1) is 9.63. The molecule has 0 aliphatic rings. The van der Waals surface area contributed by atoms with Gasteiger partial charge in [-0.2, -0.15) is 0 Å². The number of hydrogen-bond donors (Lipinski definition) is 2. The van der Waals surface area contributed by atoms with Crippen molar-refractivity contribution in [3.63, 3.8) is 0 Å². The van der Waals surface area contributed by atoms with Gasteiger partial charge in [0, 0.05) is 12.2 Å². The Balaban J connectivity index is 2.11. The summed E-state index contributed by atoms with van der Waals surface area (Å²) in [5.41, 5.74) is 1.66. The Hall–Kier alpha value is -1.94. The molecule has 2 N–H and O–H groups in total. The summed E-state index contributed by atoms with van der Waals surface area (Å²) in [7, 11) is 0. The number of aryl methyl sites for hydroxylation is 1. The number of para-hydroxylation sites is 1. The first-order valence-electron chi connectivity index (χ1n) is 6.57. The topological polar surface area (TPSA) is 32.3 Å². The minimum atomic E-state index is -1.24. The van der Waals surface area contributed by atoms with E-state index in [1.54, 1.807) is 0 Å². The average molecular weight is 277 g/mol. The highest BCUT2D eigenvalue weighted by Crippen LogP contribution is 2.22. The largest absolute Gasteiger partial charge is 0.386 e. The molecule has 0 spiro atoms. The molecule has 1 atom stereocenters. The predicted octanol–water partition coefficient (Wildman–Crippen LogP) is 3.67. The summed E-state index contributed by atoms with van der Waals surface area (Å²) in [5.74, 6) is -1.47. The summed E-state index contributed by atoms with van der Waals surface area (Å²) in [5, 5.41) is 13.0. The normalized spacial score (nSPS) is 12.2. The van der Waals surface area contributed by atoms with Crippen LogP contribution in [0.1, 0.15) is 24.2 Å². The summed E-state index contributed by atoms with van der Waals surface area (Å²) in [6.07, 6.45) is -0.394. The number of nitrogens with one attached hydrogen (secondary N) is 1. The Morgan fingerprint density at radius 1 is 1.05 bits per heavy atom. The lowest BCUT2D eigenvalue weighted by Gasteiger charge is -2.16. The van der Waals surface area contributed by atoms with E-state index in [0.717, 1.165) is 29.8 Å². The van der Waals surface area contributed by atoms with Gasteiger partial charge in [0.25, 0.3) is 0 Å². The molecule has 0 saturated carbocycles. The molecular formula is C16H17F2NO. The Bertz CT molecular complexity index is 566. The zero-order valence-corrected chi connectivity index (χ0v) is 11.2. The van der Waals surface area contributed by atoms with E-state index in [4.69, 9.17) is 0 Å². The lowest BCUT2D eigenvalue weighted by molar-refractivity contribution is 0.181. The van der Waals surface area contributed by atoms with E-state index in [-0.39, 0.29) is 12.1 Å². The van der Waals surface area contributed by atoms with Crippen molar-refractivity contribution in [1.29, 1.82) is 0 Å². The third-order valence-electron chi connectivity index (χ3n) is 3.22. The molecule has 0 saturated heterocycles. The number of aliphatic hydroxyl groups excluding tert-OH is 1. The Kier molecular flexibility index (Phi) is 4.69. The average Bonchev–Trinajstić information content (AvgIpc) is 2.45. The second-order valence-electron chi connectivity index (χ2n) is 4.54. The molecule has 0 heterocycles. The third-order valence-corrected chi connectivity index (χ3v) is 3.22. The highest BCUT2D eigenvalue weighted by Gasteiger charge is 2.17. The van der Waals surface area contributed by atoms with Gasteiger partial charge >= 0.3 is 0 Å². The molecule has 0 bridgehead atoms. The van der Waals surface area contributed by atoms with Crippen LogP contribution in [-0.4, -0.2) is 11.7 Å². The standard InChI is InChI=1S/C16H17F2NO/c1-2-11-6-3-4-9-14(11)19-10-15(20)16-12(17)7-5-8-13(16)18/h3-9,15,19-20H,2,10H2,1H3. The van der Waals surface area contributed by atoms with Crippen molar-refractivity contribution < 1.29 is 13.9 Å². The van der Waals surface area contributed by atoms with Gasteiger partial charge in [-0.1, -0.05) is 31.2 Å². The van der Waals surface area contributed by atoms with Crippen LogP contribution < -0.4 is 5.32 Å². The molecular weight excluding hydrogens is 260 g/mol. The van der Waals surface area contributed by atoms with Gasteiger partial charge in [0.05, 0.1) is 5.56 Å². The van der Waals surface area contributed by atoms with Gasteiger partial charge in [0.15, 0.2) is 0 Å². The number of rotatable bonds is 5. The first-order valence-corrected chi connectivity index (χ1v) is 6.57. The molecule has 0 aliphatic carbocycles. The number of halogens is 2. The van der Waals surface area contributed by atoms with E-state index in [0.29, 0.717) is 0 Å². The highest BCUT2D eigenvalue weighted by molar-refractivity contribution is 5.51. The van der Waals surface area contributed by atoms with E-state index in [9.17, 15) is 13.9 Å². The molecule has 20 heavy (non-hydrogen) atoms. The van der Waals surface area contributed by atoms with E-state index in [1.807, 2.05) is 31.2 Å². The summed E-state index contributed by atoms with van der Waals surface area (Å²) in [4.78, 5) is 0. The van der Waals surface area contributed by atoms with Gasteiger partial charge in [0.2, 0.25) is 0 Å². The van der Waals surface area contributed by atoms with Crippen LogP contribution in [0.5, 0.6) is 0 Å². The summed E-state index contributed by atoms with van der Waals surface area (Å²) >= 11 is 0. The number of hydrogen-bond acceptors (Lipinski definition) is 2. The van der Waals surface area contributed by atoms with Crippen LogP contribution in [0.3, 0.4) is 0 Å². The number of anilines is 1. The van der Waals surface area contributed by atoms with E-state index in [1.165, 1.54) is 6.07 Å². The van der Waals surface area contributed by atoms with Crippen LogP contribution >= 0.6 is 0 Å². The minimum absolute atomic E-state index is 0.0505. The zero-order chi connectivity index (χ0) is 14.5. The minimum Gasteiger partial charge on any atom is -0.386 e. The molecule has 0 aromatic heterocycles. The maximum atomic E-state index is 13.5. The van der Waals surface area contributed by atoms with Crippen molar-refractivity contribution in [3.8, 4) is 0 Å². The quantitative estimate of drug-likeness (QED) is 0.874. The molecule has 0 amide bonds. The lowest BCUT2D eigenvalue weighted by Crippen LogP contribution is -2.15. The van der Waals surface area contributed by atoms with Crippen molar-refractivity contribution in [3.05, 3.63) is 65.2 Å². The van der Waals surface area contributed by atoms with Crippen LogP contribution in [0.15, 0.2) is 42.5 Å². The van der Waals surface area contributed by atoms with Crippen molar-refractivity contribution in [2.45, 2.75) is 19.4 Å². The first kappa shape index (κ1) is 14.5. The van der Waals surface area contributed by atoms with Crippen LogP contribution in [0.2, 0.25) is 0 Å². The maximum absolute atomic E-state index is 13.5. The van der Waals surface area contributed by atoms with E-state index in [2.05, 4.69) is 5.32 Å². The summed E-state index contributed by atoms with van der Waals surface area (Å²) in [6, 6.07) is 11.2. The van der Waals surface area contributed by atoms with Crippen molar-refractivity contribution >= 4 is 5.69 Å². The molecule has 4 heteroatoms. The predicted molar refractivity (Wildman–Crippen MR) is 75.6 cm³/mol. The van der Waals surface area contributed by atoms with Crippen molar-refractivity contribution in [2.75, 3.05) is 11.9 Å². The Labute approximate surface area is 117 Å². The van der Waals surface area contributed by atoms with Gasteiger partial charge in [-0.3, -0.25) is 0 Å². The molecule has 0 fully saturated rings. The van der Waals surface area contributed by atoms with Crippen LogP contribution in [-0.2, 0) is 6.42 Å². The van der Waals surface area contributed by atoms with Crippen LogP contribution in [0.25, 0.3) is 0 Å². The second kappa shape index (κ2) is 6.48. The van der Waals surface area contributed by atoms with Gasteiger partial charge in [-0.15, -0.1) is 0 Å². The number of aliphatic hydroxyl groups is 1. The van der Waals surface area contributed by atoms with E-state index >= 15 is 0 Å². The summed E-state index contributed by atoms with van der Waals surface area (Å²) < 4.78 is 27.1. The molecule has 2 rings (SSSR count). The van der Waals surface area contributed by atoms with Crippen LogP contribution in [0.4, 0.5) is 14.5 Å². The fourth-order valence-electron chi connectivity index (χ4n) is 2.14. The Morgan fingerprint density at radius 2 is 1.70 bits per heavy atom. The zero-order valence-electron chi connectivity index (χ0n) is 11.2.